The zero-order chi connectivity index (χ0) is 15.9. The Labute approximate surface area is 129 Å². The van der Waals surface area contributed by atoms with Crippen molar-refractivity contribution in [2.45, 2.75) is 6.10 Å². The molecule has 1 aromatic rings. The first-order valence-corrected chi connectivity index (χ1v) is 7.09. The van der Waals surface area contributed by atoms with Gasteiger partial charge in [0.15, 0.2) is 0 Å². The lowest BCUT2D eigenvalue weighted by atomic mass is 10.2. The number of aromatic nitrogens is 1. The summed E-state index contributed by atoms with van der Waals surface area (Å²) in [5.74, 6) is -0.385. The van der Waals surface area contributed by atoms with Gasteiger partial charge in [0.05, 0.1) is 31.1 Å². The lowest BCUT2D eigenvalue weighted by Crippen LogP contribution is -2.51. The molecule has 0 radical (unpaired) electrons. The molecule has 0 saturated carbocycles. The number of pyridine rings is 1. The molecule has 8 nitrogen and oxygen atoms in total. The van der Waals surface area contributed by atoms with E-state index in [-0.39, 0.29) is 24.6 Å². The zero-order valence-corrected chi connectivity index (χ0v) is 12.6. The average Bonchev–Trinajstić information content (AvgIpc) is 2.47. The molecule has 1 aliphatic rings. The zero-order valence-electron chi connectivity index (χ0n) is 12.6. The van der Waals surface area contributed by atoms with Gasteiger partial charge < -0.3 is 20.7 Å². The van der Waals surface area contributed by atoms with Gasteiger partial charge in [0, 0.05) is 25.8 Å². The Morgan fingerprint density at radius 3 is 3.09 bits per heavy atom. The summed E-state index contributed by atoms with van der Waals surface area (Å²) < 4.78 is 5.63. The molecule has 0 unspecified atom stereocenters. The van der Waals surface area contributed by atoms with Crippen LogP contribution in [-0.4, -0.2) is 72.7 Å². The van der Waals surface area contributed by atoms with E-state index in [1.807, 2.05) is 0 Å². The number of amides is 3. The normalized spacial score (nSPS) is 18.3. The number of carbonyl (C=O) groups is 2. The molecule has 0 aromatic carbocycles. The number of hydrogen-bond acceptors (Lipinski definition) is 5. The summed E-state index contributed by atoms with van der Waals surface area (Å²) in [5, 5.41) is 2.80. The highest BCUT2D eigenvalue weighted by Gasteiger charge is 2.25. The van der Waals surface area contributed by atoms with Gasteiger partial charge >= 0.3 is 6.03 Å². The van der Waals surface area contributed by atoms with E-state index in [9.17, 15) is 9.59 Å². The Bertz CT molecular complexity index is 510. The van der Waals surface area contributed by atoms with Crippen molar-refractivity contribution < 1.29 is 14.3 Å². The molecule has 120 valence electrons. The Balaban J connectivity index is 1.84. The van der Waals surface area contributed by atoms with Crippen LogP contribution in [0.4, 0.5) is 10.5 Å². The first-order valence-electron chi connectivity index (χ1n) is 7.09. The highest BCUT2D eigenvalue weighted by Crippen LogP contribution is 2.10. The number of morpholine rings is 1. The van der Waals surface area contributed by atoms with Crippen LogP contribution in [0, 0.1) is 0 Å². The molecule has 1 saturated heterocycles. The number of hydrogen-bond donors (Lipinski definition) is 2. The Hall–Kier alpha value is -2.19. The fraction of sp³-hybridized carbons (Fsp3) is 0.500. The molecule has 0 bridgehead atoms. The number of likely N-dealkylation sites (N-methyl/N-ethyl adjacent to an activating group) is 1. The van der Waals surface area contributed by atoms with Crippen molar-refractivity contribution in [1.82, 2.24) is 14.8 Å². The molecule has 8 heteroatoms. The van der Waals surface area contributed by atoms with E-state index in [1.165, 1.54) is 0 Å². The minimum absolute atomic E-state index is 0.141. The van der Waals surface area contributed by atoms with E-state index in [1.54, 1.807) is 41.4 Å². The molecule has 3 N–H and O–H groups in total. The monoisotopic (exact) mass is 307 g/mol. The van der Waals surface area contributed by atoms with E-state index in [0.29, 0.717) is 31.9 Å². The van der Waals surface area contributed by atoms with E-state index >= 15 is 0 Å². The van der Waals surface area contributed by atoms with Gasteiger partial charge in [-0.1, -0.05) is 0 Å². The Morgan fingerprint density at radius 2 is 2.41 bits per heavy atom. The van der Waals surface area contributed by atoms with Crippen LogP contribution < -0.4 is 11.1 Å². The Kier molecular flexibility index (Phi) is 5.68. The van der Waals surface area contributed by atoms with Gasteiger partial charge in [-0.3, -0.25) is 14.7 Å². The van der Waals surface area contributed by atoms with Crippen molar-refractivity contribution in [2.24, 2.45) is 5.73 Å². The lowest BCUT2D eigenvalue weighted by molar-refractivity contribution is -0.119. The molecule has 0 aliphatic carbocycles. The van der Waals surface area contributed by atoms with Crippen LogP contribution >= 0.6 is 0 Å². The largest absolute Gasteiger partial charge is 0.373 e. The summed E-state index contributed by atoms with van der Waals surface area (Å²) in [7, 11) is 1.79. The number of urea groups is 1. The van der Waals surface area contributed by atoms with Gasteiger partial charge in [-0.15, -0.1) is 0 Å². The summed E-state index contributed by atoms with van der Waals surface area (Å²) in [6.45, 7) is 2.17. The maximum Gasteiger partial charge on any atom is 0.322 e. The second-order valence-electron chi connectivity index (χ2n) is 5.27. The van der Waals surface area contributed by atoms with Crippen molar-refractivity contribution in [1.29, 1.82) is 0 Å². The number of carbonyl (C=O) groups excluding carboxylic acids is 2. The maximum absolute atomic E-state index is 12.2. The van der Waals surface area contributed by atoms with Crippen molar-refractivity contribution in [3.8, 4) is 0 Å². The molecule has 1 aromatic heterocycles. The van der Waals surface area contributed by atoms with Crippen LogP contribution in [-0.2, 0) is 9.53 Å². The number of nitrogens with two attached hydrogens (primary N) is 1. The fourth-order valence-corrected chi connectivity index (χ4v) is 2.33. The van der Waals surface area contributed by atoms with Gasteiger partial charge in [-0.25, -0.2) is 4.79 Å². The van der Waals surface area contributed by atoms with Gasteiger partial charge in [0.2, 0.25) is 5.91 Å². The topological polar surface area (TPSA) is 101 Å². The maximum atomic E-state index is 12.2. The summed E-state index contributed by atoms with van der Waals surface area (Å²) in [4.78, 5) is 30.5. The third-order valence-electron chi connectivity index (χ3n) is 3.28. The van der Waals surface area contributed by atoms with Crippen LogP contribution in [0.2, 0.25) is 0 Å². The van der Waals surface area contributed by atoms with Gasteiger partial charge in [0.25, 0.3) is 0 Å². The highest BCUT2D eigenvalue weighted by atomic mass is 16.5. The molecule has 1 atom stereocenters. The molecule has 2 rings (SSSR count). The van der Waals surface area contributed by atoms with Gasteiger partial charge in [-0.2, -0.15) is 0 Å². The van der Waals surface area contributed by atoms with Crippen molar-refractivity contribution in [2.75, 3.05) is 45.2 Å². The van der Waals surface area contributed by atoms with Crippen molar-refractivity contribution in [3.63, 3.8) is 0 Å². The predicted octanol–water partition coefficient (Wildman–Crippen LogP) is -0.269. The van der Waals surface area contributed by atoms with E-state index in [2.05, 4.69) is 10.3 Å². The molecule has 0 spiro atoms. The van der Waals surface area contributed by atoms with Gasteiger partial charge in [-0.05, 0) is 19.2 Å². The van der Waals surface area contributed by atoms with Crippen molar-refractivity contribution >= 4 is 17.6 Å². The summed E-state index contributed by atoms with van der Waals surface area (Å²) in [6.07, 6.45) is 3.10. The van der Waals surface area contributed by atoms with Crippen LogP contribution in [0.5, 0.6) is 0 Å². The number of anilines is 1. The minimum Gasteiger partial charge on any atom is -0.373 e. The number of primary amides is 1. The van der Waals surface area contributed by atoms with Crippen LogP contribution in [0.15, 0.2) is 24.5 Å². The van der Waals surface area contributed by atoms with Crippen LogP contribution in [0.25, 0.3) is 0 Å². The van der Waals surface area contributed by atoms with E-state index < -0.39 is 0 Å². The smallest absolute Gasteiger partial charge is 0.322 e. The van der Waals surface area contributed by atoms with E-state index in [4.69, 9.17) is 10.5 Å². The molecular formula is C14H21N5O3. The molecular weight excluding hydrogens is 286 g/mol. The minimum atomic E-state index is -0.385. The SMILES string of the molecule is CN(CC(N)=O)C[C@H]1CN(C(=O)Nc2cccnc2)CCO1. The third-order valence-corrected chi connectivity index (χ3v) is 3.28. The Morgan fingerprint density at radius 1 is 1.59 bits per heavy atom. The van der Waals surface area contributed by atoms with E-state index in [0.717, 1.165) is 0 Å². The summed E-state index contributed by atoms with van der Waals surface area (Å²) in [5.41, 5.74) is 5.81. The molecule has 3 amide bonds. The summed E-state index contributed by atoms with van der Waals surface area (Å²) >= 11 is 0. The molecule has 1 fully saturated rings. The molecule has 22 heavy (non-hydrogen) atoms. The second kappa shape index (κ2) is 7.71. The fourth-order valence-electron chi connectivity index (χ4n) is 2.33. The first kappa shape index (κ1) is 16.2. The summed E-state index contributed by atoms with van der Waals surface area (Å²) in [6, 6.07) is 3.36. The molecule has 1 aliphatic heterocycles. The quantitative estimate of drug-likeness (QED) is 0.780. The van der Waals surface area contributed by atoms with Crippen LogP contribution in [0.3, 0.4) is 0 Å². The average molecular weight is 307 g/mol. The van der Waals surface area contributed by atoms with Gasteiger partial charge in [0.1, 0.15) is 0 Å². The number of rotatable bonds is 5. The number of ether oxygens (including phenoxy) is 1. The predicted molar refractivity (Wildman–Crippen MR) is 81.3 cm³/mol. The second-order valence-corrected chi connectivity index (χ2v) is 5.27. The highest BCUT2D eigenvalue weighted by molar-refractivity contribution is 5.89. The van der Waals surface area contributed by atoms with Crippen LogP contribution in [0.1, 0.15) is 0 Å². The van der Waals surface area contributed by atoms with Crippen molar-refractivity contribution in [3.05, 3.63) is 24.5 Å². The standard InChI is InChI=1S/C14H21N5O3/c1-18(10-13(15)20)8-12-9-19(5-6-22-12)14(21)17-11-3-2-4-16-7-11/h2-4,7,12H,5-6,8-10H2,1H3,(H2,15,20)(H,17,21)/t12-/m0/s1. The lowest BCUT2D eigenvalue weighted by Gasteiger charge is -2.34. The third kappa shape index (κ3) is 4.97. The molecule has 2 heterocycles. The first-order chi connectivity index (χ1) is 10.5. The number of nitrogens with one attached hydrogen (secondary N) is 1. The number of nitrogens with zero attached hydrogens (tertiary/aromatic N) is 3.